The second kappa shape index (κ2) is 4.73. The Morgan fingerprint density at radius 3 is 2.78 bits per heavy atom. The van der Waals surface area contributed by atoms with E-state index in [1.807, 2.05) is 18.2 Å². The van der Waals surface area contributed by atoms with Crippen LogP contribution in [0, 0.1) is 0 Å². The van der Waals surface area contributed by atoms with Crippen LogP contribution >= 0.6 is 0 Å². The van der Waals surface area contributed by atoms with Crippen molar-refractivity contribution in [2.75, 3.05) is 0 Å². The van der Waals surface area contributed by atoms with Crippen LogP contribution in [0.25, 0.3) is 0 Å². The maximum Gasteiger partial charge on any atom is 0.340 e. The van der Waals surface area contributed by atoms with Gasteiger partial charge in [-0.25, -0.2) is 4.79 Å². The van der Waals surface area contributed by atoms with E-state index in [0.29, 0.717) is 5.56 Å². The van der Waals surface area contributed by atoms with Crippen LogP contribution in [-0.4, -0.2) is 17.9 Å². The lowest BCUT2D eigenvalue weighted by Gasteiger charge is -2.16. The highest BCUT2D eigenvalue weighted by molar-refractivity contribution is 5.89. The van der Waals surface area contributed by atoms with Crippen LogP contribution in [-0.2, 0) is 9.47 Å². The SMILES string of the molecule is O=C(OC12CCCCCCC1O2)c1ccccc1. The van der Waals surface area contributed by atoms with Gasteiger partial charge in [0.25, 0.3) is 0 Å². The molecule has 0 amide bonds. The van der Waals surface area contributed by atoms with Crippen LogP contribution in [0.15, 0.2) is 30.3 Å². The number of fused-ring (bicyclic) bond motifs is 1. The summed E-state index contributed by atoms with van der Waals surface area (Å²) >= 11 is 0. The zero-order valence-electron chi connectivity index (χ0n) is 10.4. The lowest BCUT2D eigenvalue weighted by atomic mass is 9.98. The van der Waals surface area contributed by atoms with E-state index in [4.69, 9.17) is 9.47 Å². The van der Waals surface area contributed by atoms with Gasteiger partial charge in [-0.1, -0.05) is 37.5 Å². The molecule has 1 aliphatic heterocycles. The summed E-state index contributed by atoms with van der Waals surface area (Å²) in [5.74, 6) is -0.869. The highest BCUT2D eigenvalue weighted by atomic mass is 16.8. The first kappa shape index (κ1) is 11.7. The van der Waals surface area contributed by atoms with E-state index in [1.165, 1.54) is 19.3 Å². The molecule has 2 unspecified atom stereocenters. The van der Waals surface area contributed by atoms with Crippen LogP contribution in [0.2, 0.25) is 0 Å². The van der Waals surface area contributed by atoms with Crippen molar-refractivity contribution in [1.82, 2.24) is 0 Å². The Morgan fingerprint density at radius 2 is 1.94 bits per heavy atom. The third-order valence-electron chi connectivity index (χ3n) is 3.79. The Balaban J connectivity index is 1.67. The van der Waals surface area contributed by atoms with Gasteiger partial charge in [0.1, 0.15) is 6.10 Å². The van der Waals surface area contributed by atoms with Gasteiger partial charge in [-0.2, -0.15) is 0 Å². The lowest BCUT2D eigenvalue weighted by Crippen LogP contribution is -2.25. The molecule has 1 aromatic rings. The van der Waals surface area contributed by atoms with Crippen molar-refractivity contribution in [1.29, 1.82) is 0 Å². The molecule has 1 saturated carbocycles. The molecule has 0 aromatic heterocycles. The van der Waals surface area contributed by atoms with E-state index in [1.54, 1.807) is 12.1 Å². The van der Waals surface area contributed by atoms with Crippen molar-refractivity contribution >= 4 is 5.97 Å². The minimum absolute atomic E-state index is 0.130. The van der Waals surface area contributed by atoms with Crippen LogP contribution in [0.1, 0.15) is 48.9 Å². The monoisotopic (exact) mass is 246 g/mol. The molecule has 2 fully saturated rings. The van der Waals surface area contributed by atoms with Crippen LogP contribution in [0.3, 0.4) is 0 Å². The first-order valence-electron chi connectivity index (χ1n) is 6.76. The molecule has 96 valence electrons. The highest BCUT2D eigenvalue weighted by Crippen LogP contribution is 2.46. The zero-order valence-corrected chi connectivity index (χ0v) is 10.4. The Bertz CT molecular complexity index is 429. The highest BCUT2D eigenvalue weighted by Gasteiger charge is 2.59. The molecular formula is C15H18O3. The smallest absolute Gasteiger partial charge is 0.340 e. The molecule has 2 atom stereocenters. The Morgan fingerprint density at radius 1 is 1.17 bits per heavy atom. The van der Waals surface area contributed by atoms with Crippen LogP contribution in [0.5, 0.6) is 0 Å². The normalized spacial score (nSPS) is 30.8. The fraction of sp³-hybridized carbons (Fsp3) is 0.533. The van der Waals surface area contributed by atoms with Gasteiger partial charge < -0.3 is 9.47 Å². The molecule has 1 saturated heterocycles. The molecule has 3 rings (SSSR count). The number of rotatable bonds is 2. The summed E-state index contributed by atoms with van der Waals surface area (Å²) in [4.78, 5) is 12.0. The summed E-state index contributed by atoms with van der Waals surface area (Å²) in [6.07, 6.45) is 6.72. The van der Waals surface area contributed by atoms with E-state index < -0.39 is 5.79 Å². The quantitative estimate of drug-likeness (QED) is 0.593. The molecule has 0 radical (unpaired) electrons. The first-order chi connectivity index (χ1) is 8.80. The summed E-state index contributed by atoms with van der Waals surface area (Å²) < 4.78 is 11.3. The third kappa shape index (κ3) is 2.27. The number of carbonyl (C=O) groups excluding carboxylic acids is 1. The average molecular weight is 246 g/mol. The average Bonchev–Trinajstić information content (AvgIpc) is 3.03. The molecule has 2 aliphatic rings. The molecule has 1 heterocycles. The van der Waals surface area contributed by atoms with E-state index in [-0.39, 0.29) is 12.1 Å². The molecule has 3 heteroatoms. The Hall–Kier alpha value is -1.35. The zero-order chi connectivity index (χ0) is 12.4. The molecule has 0 N–H and O–H groups in total. The number of hydrogen-bond donors (Lipinski definition) is 0. The number of ether oxygens (including phenoxy) is 2. The van der Waals surface area contributed by atoms with E-state index in [9.17, 15) is 4.79 Å². The van der Waals surface area contributed by atoms with Gasteiger partial charge in [-0.15, -0.1) is 0 Å². The topological polar surface area (TPSA) is 38.8 Å². The van der Waals surface area contributed by atoms with Gasteiger partial charge in [0.15, 0.2) is 0 Å². The minimum Gasteiger partial charge on any atom is -0.427 e. The fourth-order valence-corrected chi connectivity index (χ4v) is 2.69. The molecule has 3 nitrogen and oxygen atoms in total. The predicted molar refractivity (Wildman–Crippen MR) is 67.2 cm³/mol. The van der Waals surface area contributed by atoms with E-state index >= 15 is 0 Å². The fourth-order valence-electron chi connectivity index (χ4n) is 2.69. The second-order valence-corrected chi connectivity index (χ2v) is 5.13. The largest absolute Gasteiger partial charge is 0.427 e. The Kier molecular flexibility index (Phi) is 3.08. The second-order valence-electron chi connectivity index (χ2n) is 5.13. The van der Waals surface area contributed by atoms with Crippen molar-refractivity contribution in [2.24, 2.45) is 0 Å². The van der Waals surface area contributed by atoms with Crippen molar-refractivity contribution in [3.05, 3.63) is 35.9 Å². The summed E-state index contributed by atoms with van der Waals surface area (Å²) in [5.41, 5.74) is 0.600. The summed E-state index contributed by atoms with van der Waals surface area (Å²) in [6, 6.07) is 9.13. The molecule has 0 spiro atoms. The lowest BCUT2D eigenvalue weighted by molar-refractivity contribution is -0.0237. The number of epoxide rings is 1. The van der Waals surface area contributed by atoms with Gasteiger partial charge in [-0.3, -0.25) is 0 Å². The number of carbonyl (C=O) groups is 1. The molecule has 18 heavy (non-hydrogen) atoms. The maximum atomic E-state index is 12.0. The molecule has 1 aliphatic carbocycles. The van der Waals surface area contributed by atoms with Crippen molar-refractivity contribution < 1.29 is 14.3 Å². The van der Waals surface area contributed by atoms with Gasteiger partial charge in [0.05, 0.1) is 5.56 Å². The first-order valence-corrected chi connectivity index (χ1v) is 6.76. The van der Waals surface area contributed by atoms with E-state index in [0.717, 1.165) is 19.3 Å². The predicted octanol–water partition coefficient (Wildman–Crippen LogP) is 3.29. The van der Waals surface area contributed by atoms with Gasteiger partial charge in [0, 0.05) is 6.42 Å². The molecule has 1 aromatic carbocycles. The number of benzene rings is 1. The van der Waals surface area contributed by atoms with Gasteiger partial charge in [-0.05, 0) is 25.0 Å². The summed E-state index contributed by atoms with van der Waals surface area (Å²) in [5, 5.41) is 0. The standard InChI is InChI=1S/C15H18O3/c16-14(12-8-4-3-5-9-12)18-15-11-7-2-1-6-10-13(15)17-15/h3-5,8-9,13H,1-2,6-7,10-11H2. The summed E-state index contributed by atoms with van der Waals surface area (Å²) in [7, 11) is 0. The van der Waals surface area contributed by atoms with E-state index in [2.05, 4.69) is 0 Å². The van der Waals surface area contributed by atoms with Gasteiger partial charge in [0.2, 0.25) is 5.79 Å². The third-order valence-corrected chi connectivity index (χ3v) is 3.79. The van der Waals surface area contributed by atoms with Crippen molar-refractivity contribution in [3.63, 3.8) is 0 Å². The number of hydrogen-bond acceptors (Lipinski definition) is 3. The van der Waals surface area contributed by atoms with Crippen LogP contribution < -0.4 is 0 Å². The van der Waals surface area contributed by atoms with Crippen molar-refractivity contribution in [3.8, 4) is 0 Å². The van der Waals surface area contributed by atoms with Crippen LogP contribution in [0.4, 0.5) is 0 Å². The van der Waals surface area contributed by atoms with Crippen molar-refractivity contribution in [2.45, 2.75) is 50.4 Å². The molecular weight excluding hydrogens is 228 g/mol. The van der Waals surface area contributed by atoms with Gasteiger partial charge >= 0.3 is 5.97 Å². The summed E-state index contributed by atoms with van der Waals surface area (Å²) in [6.45, 7) is 0. The molecule has 0 bridgehead atoms. The minimum atomic E-state index is -0.604. The maximum absolute atomic E-state index is 12.0. The Labute approximate surface area is 107 Å². The number of esters is 1.